The van der Waals surface area contributed by atoms with Gasteiger partial charge in [0.2, 0.25) is 0 Å². The second kappa shape index (κ2) is 9.24. The number of ether oxygens (including phenoxy) is 2. The zero-order chi connectivity index (χ0) is 19.4. The van der Waals surface area contributed by atoms with E-state index in [1.807, 2.05) is 6.08 Å². The highest BCUT2D eigenvalue weighted by molar-refractivity contribution is 5.66. The van der Waals surface area contributed by atoms with Gasteiger partial charge >= 0.3 is 5.97 Å². The molecule has 0 saturated carbocycles. The second-order valence-corrected chi connectivity index (χ2v) is 8.38. The number of rotatable bonds is 10. The third kappa shape index (κ3) is 4.94. The van der Waals surface area contributed by atoms with E-state index >= 15 is 0 Å². The van der Waals surface area contributed by atoms with Gasteiger partial charge in [-0.05, 0) is 31.8 Å². The average molecular weight is 379 g/mol. The number of unbranched alkanes of at least 4 members (excludes halogenated alkanes) is 2. The van der Waals surface area contributed by atoms with Gasteiger partial charge in [-0.2, -0.15) is 0 Å². The van der Waals surface area contributed by atoms with Crippen LogP contribution in [0.2, 0.25) is 0 Å². The molecule has 3 aliphatic heterocycles. The second-order valence-electron chi connectivity index (χ2n) is 8.38. The van der Waals surface area contributed by atoms with Crippen molar-refractivity contribution in [3.63, 3.8) is 0 Å². The highest BCUT2D eigenvalue weighted by Crippen LogP contribution is 2.52. The SMILES string of the molecule is CCCCC[C@H](O)C=C[C@H]1[C@H]2CC(=C(C)CCCC(=O)O)O[C@H]3C[C@@H]1O[C@@H]23. The molecule has 6 atom stereocenters. The standard InChI is InChI=1S/C22H34O5/c1-3-4-5-8-15(23)10-11-16-17-12-18(14(2)7-6-9-21(24)25)26-20-13-19(16)27-22(17)20/h10-11,15-17,19-20,22-23H,3-9,12-13H2,1-2H3,(H,24,25)/t15-,16-,17+,19-,20-,22-/m0/s1. The highest BCUT2D eigenvalue weighted by Gasteiger charge is 2.57. The van der Waals surface area contributed by atoms with Crippen LogP contribution >= 0.6 is 0 Å². The molecule has 2 N–H and O–H groups in total. The average Bonchev–Trinajstić information content (AvgIpc) is 3.19. The molecule has 0 radical (unpaired) electrons. The van der Waals surface area contributed by atoms with E-state index in [1.54, 1.807) is 0 Å². The van der Waals surface area contributed by atoms with Crippen molar-refractivity contribution in [3.8, 4) is 0 Å². The fraction of sp³-hybridized carbons (Fsp3) is 0.773. The molecular weight excluding hydrogens is 344 g/mol. The molecule has 0 aliphatic carbocycles. The number of hydrogen-bond acceptors (Lipinski definition) is 4. The van der Waals surface area contributed by atoms with Crippen LogP contribution in [-0.4, -0.2) is 40.6 Å². The number of aliphatic hydroxyl groups is 1. The van der Waals surface area contributed by atoms with Gasteiger partial charge in [-0.15, -0.1) is 0 Å². The molecule has 3 fully saturated rings. The summed E-state index contributed by atoms with van der Waals surface area (Å²) >= 11 is 0. The first-order chi connectivity index (χ1) is 13.0. The molecule has 0 aromatic carbocycles. The van der Waals surface area contributed by atoms with Crippen molar-refractivity contribution in [1.29, 1.82) is 0 Å². The van der Waals surface area contributed by atoms with Crippen molar-refractivity contribution in [2.75, 3.05) is 0 Å². The Hall–Kier alpha value is -1.33. The van der Waals surface area contributed by atoms with Crippen LogP contribution in [0.1, 0.15) is 71.6 Å². The number of allylic oxidation sites excluding steroid dienone is 2. The zero-order valence-corrected chi connectivity index (χ0v) is 16.6. The molecule has 3 aliphatic rings. The minimum absolute atomic E-state index is 0.136. The summed E-state index contributed by atoms with van der Waals surface area (Å²) in [5.41, 5.74) is 1.17. The topological polar surface area (TPSA) is 76.0 Å². The monoisotopic (exact) mass is 378 g/mol. The molecule has 3 heterocycles. The predicted octanol–water partition coefficient (Wildman–Crippen LogP) is 4.21. The Morgan fingerprint density at radius 2 is 2.07 bits per heavy atom. The summed E-state index contributed by atoms with van der Waals surface area (Å²) in [4.78, 5) is 10.7. The van der Waals surface area contributed by atoms with Crippen LogP contribution in [0.15, 0.2) is 23.5 Å². The number of aliphatic hydroxyl groups excluding tert-OH is 1. The predicted molar refractivity (Wildman–Crippen MR) is 103 cm³/mol. The summed E-state index contributed by atoms with van der Waals surface area (Å²) in [6.45, 7) is 4.23. The lowest BCUT2D eigenvalue weighted by atomic mass is 9.73. The lowest BCUT2D eigenvalue weighted by Crippen LogP contribution is -2.42. The van der Waals surface area contributed by atoms with Crippen LogP contribution in [-0.2, 0) is 14.3 Å². The smallest absolute Gasteiger partial charge is 0.303 e. The van der Waals surface area contributed by atoms with E-state index in [1.165, 1.54) is 18.4 Å². The van der Waals surface area contributed by atoms with Crippen LogP contribution in [0.25, 0.3) is 0 Å². The summed E-state index contributed by atoms with van der Waals surface area (Å²) in [5.74, 6) is 1.05. The number of carboxylic acids is 1. The number of carboxylic acid groups (broad SMARTS) is 1. The van der Waals surface area contributed by atoms with Crippen molar-refractivity contribution < 1.29 is 24.5 Å². The molecule has 3 rings (SSSR count). The first-order valence-electron chi connectivity index (χ1n) is 10.6. The Kier molecular flexibility index (Phi) is 6.99. The molecule has 5 nitrogen and oxygen atoms in total. The highest BCUT2D eigenvalue weighted by atomic mass is 16.6. The van der Waals surface area contributed by atoms with Crippen LogP contribution in [0.3, 0.4) is 0 Å². The molecule has 0 unspecified atom stereocenters. The van der Waals surface area contributed by atoms with Gasteiger partial charge in [0.25, 0.3) is 0 Å². The van der Waals surface area contributed by atoms with Gasteiger partial charge in [-0.25, -0.2) is 0 Å². The Labute approximate surface area is 162 Å². The molecular formula is C22H34O5. The third-order valence-electron chi connectivity index (χ3n) is 6.30. The van der Waals surface area contributed by atoms with Crippen molar-refractivity contribution >= 4 is 5.97 Å². The number of carbonyl (C=O) groups is 1. The summed E-state index contributed by atoms with van der Waals surface area (Å²) in [6.07, 6.45) is 11.9. The van der Waals surface area contributed by atoms with Gasteiger partial charge in [0, 0.05) is 31.1 Å². The van der Waals surface area contributed by atoms with Gasteiger partial charge in [-0.1, -0.05) is 38.3 Å². The maximum Gasteiger partial charge on any atom is 0.303 e. The Balaban J connectivity index is 1.59. The third-order valence-corrected chi connectivity index (χ3v) is 6.30. The number of fused-ring (bicyclic) bond motifs is 1. The first-order valence-corrected chi connectivity index (χ1v) is 10.6. The van der Waals surface area contributed by atoms with Gasteiger partial charge in [-0.3, -0.25) is 4.79 Å². The fourth-order valence-electron chi connectivity index (χ4n) is 4.78. The lowest BCUT2D eigenvalue weighted by molar-refractivity contribution is -0.137. The van der Waals surface area contributed by atoms with E-state index in [4.69, 9.17) is 14.6 Å². The van der Waals surface area contributed by atoms with Gasteiger partial charge in [0.1, 0.15) is 6.10 Å². The Morgan fingerprint density at radius 3 is 2.81 bits per heavy atom. The van der Waals surface area contributed by atoms with Gasteiger partial charge in [0.05, 0.1) is 24.1 Å². The van der Waals surface area contributed by atoms with E-state index in [0.29, 0.717) is 18.3 Å². The molecule has 0 aromatic heterocycles. The Bertz CT molecular complexity index is 581. The van der Waals surface area contributed by atoms with E-state index in [0.717, 1.165) is 37.9 Å². The van der Waals surface area contributed by atoms with E-state index in [9.17, 15) is 9.90 Å². The van der Waals surface area contributed by atoms with Crippen molar-refractivity contribution in [3.05, 3.63) is 23.5 Å². The largest absolute Gasteiger partial charge is 0.492 e. The molecule has 5 heteroatoms. The van der Waals surface area contributed by atoms with Crippen molar-refractivity contribution in [2.24, 2.45) is 11.8 Å². The van der Waals surface area contributed by atoms with E-state index < -0.39 is 5.97 Å². The molecule has 152 valence electrons. The van der Waals surface area contributed by atoms with E-state index in [2.05, 4.69) is 19.9 Å². The minimum atomic E-state index is -0.744. The number of aliphatic carboxylic acids is 1. The maximum atomic E-state index is 10.7. The quantitative estimate of drug-likeness (QED) is 0.440. The van der Waals surface area contributed by atoms with Gasteiger partial charge < -0.3 is 19.7 Å². The van der Waals surface area contributed by atoms with Crippen LogP contribution in [0.5, 0.6) is 0 Å². The Morgan fingerprint density at radius 1 is 1.26 bits per heavy atom. The summed E-state index contributed by atoms with van der Waals surface area (Å²) in [5, 5.41) is 19.0. The van der Waals surface area contributed by atoms with E-state index in [-0.39, 0.29) is 30.8 Å². The summed E-state index contributed by atoms with van der Waals surface area (Å²) in [6, 6.07) is 0. The molecule has 0 aromatic rings. The maximum absolute atomic E-state index is 10.7. The molecule has 27 heavy (non-hydrogen) atoms. The summed E-state index contributed by atoms with van der Waals surface area (Å²) < 4.78 is 12.4. The molecule has 2 bridgehead atoms. The van der Waals surface area contributed by atoms with Crippen molar-refractivity contribution in [1.82, 2.24) is 0 Å². The molecule has 0 amide bonds. The summed E-state index contributed by atoms with van der Waals surface area (Å²) in [7, 11) is 0. The fourth-order valence-corrected chi connectivity index (χ4v) is 4.78. The number of hydrogen-bond donors (Lipinski definition) is 2. The van der Waals surface area contributed by atoms with Crippen LogP contribution in [0, 0.1) is 11.8 Å². The van der Waals surface area contributed by atoms with Crippen molar-refractivity contribution in [2.45, 2.75) is 96.1 Å². The minimum Gasteiger partial charge on any atom is -0.492 e. The molecule has 0 spiro atoms. The van der Waals surface area contributed by atoms with Crippen LogP contribution < -0.4 is 0 Å². The zero-order valence-electron chi connectivity index (χ0n) is 16.6. The molecule has 3 saturated heterocycles. The van der Waals surface area contributed by atoms with Crippen LogP contribution in [0.4, 0.5) is 0 Å². The van der Waals surface area contributed by atoms with Gasteiger partial charge in [0.15, 0.2) is 0 Å². The lowest BCUT2D eigenvalue weighted by Gasteiger charge is -2.38. The normalized spacial score (nSPS) is 34.7. The first kappa shape index (κ1) is 20.4.